The van der Waals surface area contributed by atoms with Gasteiger partial charge in [0.25, 0.3) is 0 Å². The number of fused-ring (bicyclic) bond motifs is 1. The number of carboxylic acid groups (broad SMARTS) is 1. The quantitative estimate of drug-likeness (QED) is 0.832. The first-order valence-electron chi connectivity index (χ1n) is 5.61. The minimum absolute atomic E-state index is 0.393. The number of aromatic amines is 1. The van der Waals surface area contributed by atoms with Crippen LogP contribution in [0.25, 0.3) is 10.9 Å². The molecule has 2 aromatic rings. The van der Waals surface area contributed by atoms with Gasteiger partial charge >= 0.3 is 5.97 Å². The lowest BCUT2D eigenvalue weighted by Crippen LogP contribution is -2.26. The van der Waals surface area contributed by atoms with Crippen LogP contribution in [-0.2, 0) is 16.0 Å². The second-order valence-electron chi connectivity index (χ2n) is 3.89. The number of hydrogen-bond donors (Lipinski definition) is 2. The van der Waals surface area contributed by atoms with Gasteiger partial charge in [0, 0.05) is 24.7 Å². The summed E-state index contributed by atoms with van der Waals surface area (Å²) in [6, 6.07) is 7.83. The van der Waals surface area contributed by atoms with Gasteiger partial charge in [-0.2, -0.15) is 0 Å². The monoisotopic (exact) mass is 233 g/mol. The van der Waals surface area contributed by atoms with E-state index in [-0.39, 0.29) is 0 Å². The van der Waals surface area contributed by atoms with E-state index in [1.807, 2.05) is 30.5 Å². The summed E-state index contributed by atoms with van der Waals surface area (Å²) in [6.45, 7) is 2.20. The zero-order valence-corrected chi connectivity index (χ0v) is 9.64. The average molecular weight is 233 g/mol. The summed E-state index contributed by atoms with van der Waals surface area (Å²) in [5, 5.41) is 10.1. The van der Waals surface area contributed by atoms with Crippen molar-refractivity contribution in [1.82, 2.24) is 4.98 Å². The van der Waals surface area contributed by atoms with Crippen molar-refractivity contribution in [1.29, 1.82) is 0 Å². The predicted molar refractivity (Wildman–Crippen MR) is 65.1 cm³/mol. The third-order valence-corrected chi connectivity index (χ3v) is 2.68. The summed E-state index contributed by atoms with van der Waals surface area (Å²) in [5.74, 6) is -0.916. The minimum atomic E-state index is -0.916. The fraction of sp³-hybridized carbons (Fsp3) is 0.308. The van der Waals surface area contributed by atoms with Crippen molar-refractivity contribution >= 4 is 16.9 Å². The molecule has 17 heavy (non-hydrogen) atoms. The van der Waals surface area contributed by atoms with Gasteiger partial charge in [0.1, 0.15) is 0 Å². The van der Waals surface area contributed by atoms with Crippen LogP contribution in [0, 0.1) is 0 Å². The van der Waals surface area contributed by atoms with Crippen molar-refractivity contribution in [3.8, 4) is 0 Å². The molecule has 0 aliphatic rings. The first kappa shape index (κ1) is 11.7. The number of aromatic nitrogens is 1. The third-order valence-electron chi connectivity index (χ3n) is 2.68. The Kier molecular flexibility index (Phi) is 3.44. The molecule has 0 amide bonds. The Morgan fingerprint density at radius 3 is 3.00 bits per heavy atom. The summed E-state index contributed by atoms with van der Waals surface area (Å²) in [7, 11) is 0. The Morgan fingerprint density at radius 1 is 1.47 bits per heavy atom. The van der Waals surface area contributed by atoms with Gasteiger partial charge in [0.2, 0.25) is 0 Å². The lowest BCUT2D eigenvalue weighted by Gasteiger charge is -2.12. The van der Waals surface area contributed by atoms with E-state index in [1.54, 1.807) is 6.92 Å². The van der Waals surface area contributed by atoms with Crippen LogP contribution in [0.3, 0.4) is 0 Å². The predicted octanol–water partition coefficient (Wildman–Crippen LogP) is 2.20. The van der Waals surface area contributed by atoms with Crippen molar-refractivity contribution in [3.05, 3.63) is 36.0 Å². The molecule has 0 saturated carbocycles. The van der Waals surface area contributed by atoms with Gasteiger partial charge in [-0.1, -0.05) is 6.07 Å². The first-order valence-corrected chi connectivity index (χ1v) is 5.61. The molecule has 1 aromatic heterocycles. The summed E-state index contributed by atoms with van der Waals surface area (Å²) in [6.07, 6.45) is 1.49. The maximum absolute atomic E-state index is 11.0. The van der Waals surface area contributed by atoms with E-state index >= 15 is 0 Å². The van der Waals surface area contributed by atoms with E-state index in [0.717, 1.165) is 16.5 Å². The lowest BCUT2D eigenvalue weighted by atomic mass is 10.1. The second-order valence-corrected chi connectivity index (χ2v) is 3.89. The molecule has 0 aliphatic carbocycles. The van der Waals surface area contributed by atoms with Crippen LogP contribution in [0.4, 0.5) is 0 Å². The van der Waals surface area contributed by atoms with Crippen LogP contribution in [0.2, 0.25) is 0 Å². The van der Waals surface area contributed by atoms with Crippen LogP contribution >= 0.6 is 0 Å². The number of hydrogen-bond acceptors (Lipinski definition) is 2. The standard InChI is InChI=1S/C13H15NO3/c1-2-17-12(13(15)16)8-9-3-4-11-10(7-9)5-6-14-11/h3-7,12,14H,2,8H2,1H3,(H,15,16)/t12-/m0/s1. The van der Waals surface area contributed by atoms with Gasteiger partial charge in [-0.05, 0) is 36.1 Å². The molecule has 1 aromatic carbocycles. The van der Waals surface area contributed by atoms with E-state index in [9.17, 15) is 4.79 Å². The molecule has 4 heteroatoms. The Morgan fingerprint density at radius 2 is 2.29 bits per heavy atom. The molecule has 0 unspecified atom stereocenters. The normalized spacial score (nSPS) is 12.8. The van der Waals surface area contributed by atoms with Crippen molar-refractivity contribution in [2.24, 2.45) is 0 Å². The Bertz CT molecular complexity index is 518. The Labute approximate surface area is 99.2 Å². The number of carbonyl (C=O) groups is 1. The molecular weight excluding hydrogens is 218 g/mol. The number of ether oxygens (including phenoxy) is 1. The highest BCUT2D eigenvalue weighted by atomic mass is 16.5. The van der Waals surface area contributed by atoms with Crippen molar-refractivity contribution in [2.75, 3.05) is 6.61 Å². The highest BCUT2D eigenvalue weighted by Crippen LogP contribution is 2.16. The molecule has 4 nitrogen and oxygen atoms in total. The number of aliphatic carboxylic acids is 1. The van der Waals surface area contributed by atoms with Crippen LogP contribution in [0.15, 0.2) is 30.5 Å². The zero-order chi connectivity index (χ0) is 12.3. The highest BCUT2D eigenvalue weighted by molar-refractivity contribution is 5.80. The van der Waals surface area contributed by atoms with Crippen LogP contribution in [0.5, 0.6) is 0 Å². The topological polar surface area (TPSA) is 62.3 Å². The van der Waals surface area contributed by atoms with Gasteiger partial charge in [-0.25, -0.2) is 4.79 Å². The van der Waals surface area contributed by atoms with Gasteiger partial charge in [-0.3, -0.25) is 0 Å². The number of benzene rings is 1. The maximum Gasteiger partial charge on any atom is 0.333 e. The van der Waals surface area contributed by atoms with Crippen molar-refractivity contribution < 1.29 is 14.6 Å². The zero-order valence-electron chi connectivity index (χ0n) is 9.64. The molecule has 0 spiro atoms. The summed E-state index contributed by atoms with van der Waals surface area (Å²) in [5.41, 5.74) is 2.02. The molecule has 0 radical (unpaired) electrons. The minimum Gasteiger partial charge on any atom is -0.479 e. The molecular formula is C13H15NO3. The van der Waals surface area contributed by atoms with Crippen LogP contribution in [0.1, 0.15) is 12.5 Å². The SMILES string of the molecule is CCO[C@@H](Cc1ccc2[nH]ccc2c1)C(=O)O. The molecule has 0 saturated heterocycles. The second kappa shape index (κ2) is 5.01. The molecule has 2 N–H and O–H groups in total. The van der Waals surface area contributed by atoms with E-state index in [2.05, 4.69) is 4.98 Å². The number of rotatable bonds is 5. The summed E-state index contributed by atoms with van der Waals surface area (Å²) >= 11 is 0. The van der Waals surface area contributed by atoms with Crippen molar-refractivity contribution in [3.63, 3.8) is 0 Å². The highest BCUT2D eigenvalue weighted by Gasteiger charge is 2.17. The third kappa shape index (κ3) is 2.65. The largest absolute Gasteiger partial charge is 0.479 e. The summed E-state index contributed by atoms with van der Waals surface area (Å²) < 4.78 is 5.19. The molecule has 1 heterocycles. The Hall–Kier alpha value is -1.81. The number of carboxylic acids is 1. The molecule has 0 bridgehead atoms. The van der Waals surface area contributed by atoms with E-state index in [1.165, 1.54) is 0 Å². The maximum atomic E-state index is 11.0. The number of H-pyrrole nitrogens is 1. The van der Waals surface area contributed by atoms with Crippen LogP contribution in [-0.4, -0.2) is 28.8 Å². The first-order chi connectivity index (χ1) is 8.20. The van der Waals surface area contributed by atoms with Gasteiger partial charge in [0.05, 0.1) is 0 Å². The summed E-state index contributed by atoms with van der Waals surface area (Å²) in [4.78, 5) is 14.1. The fourth-order valence-corrected chi connectivity index (χ4v) is 1.86. The smallest absolute Gasteiger partial charge is 0.333 e. The van der Waals surface area contributed by atoms with E-state index in [4.69, 9.17) is 9.84 Å². The lowest BCUT2D eigenvalue weighted by molar-refractivity contribution is -0.149. The van der Waals surface area contributed by atoms with Gasteiger partial charge < -0.3 is 14.8 Å². The van der Waals surface area contributed by atoms with Gasteiger partial charge in [0.15, 0.2) is 6.10 Å². The molecule has 0 fully saturated rings. The van der Waals surface area contributed by atoms with Crippen molar-refractivity contribution in [2.45, 2.75) is 19.4 Å². The fourth-order valence-electron chi connectivity index (χ4n) is 1.86. The van der Waals surface area contributed by atoms with Crippen LogP contribution < -0.4 is 0 Å². The molecule has 1 atom stereocenters. The van der Waals surface area contributed by atoms with E-state index < -0.39 is 12.1 Å². The van der Waals surface area contributed by atoms with E-state index in [0.29, 0.717) is 13.0 Å². The average Bonchev–Trinajstić information content (AvgIpc) is 2.75. The number of nitrogens with one attached hydrogen (secondary N) is 1. The Balaban J connectivity index is 2.18. The molecule has 0 aliphatic heterocycles. The molecule has 90 valence electrons. The van der Waals surface area contributed by atoms with Gasteiger partial charge in [-0.15, -0.1) is 0 Å². The molecule has 2 rings (SSSR count).